The smallest absolute Gasteiger partial charge is 0.148 e. The summed E-state index contributed by atoms with van der Waals surface area (Å²) in [7, 11) is 0. The summed E-state index contributed by atoms with van der Waals surface area (Å²) in [5.74, 6) is 2.48. The summed E-state index contributed by atoms with van der Waals surface area (Å²) in [6, 6.07) is 0.642. The molecule has 0 N–H and O–H groups in total. The van der Waals surface area contributed by atoms with E-state index in [-0.39, 0.29) is 0 Å². The second-order valence-electron chi connectivity index (χ2n) is 3.12. The van der Waals surface area contributed by atoms with Crippen molar-refractivity contribution in [2.24, 2.45) is 0 Å². The molecule has 0 saturated heterocycles. The molecule has 0 amide bonds. The van der Waals surface area contributed by atoms with Crippen molar-refractivity contribution in [3.05, 3.63) is 11.6 Å². The van der Waals surface area contributed by atoms with E-state index < -0.39 is 0 Å². The molecule has 4 heteroatoms. The average molecular weight is 186 g/mol. The molecule has 1 aliphatic rings. The summed E-state index contributed by atoms with van der Waals surface area (Å²) < 4.78 is 2.20. The highest BCUT2D eigenvalue weighted by Gasteiger charge is 2.28. The van der Waals surface area contributed by atoms with Gasteiger partial charge in [0.1, 0.15) is 11.6 Å². The molecule has 1 heterocycles. The fourth-order valence-electron chi connectivity index (χ4n) is 1.45. The summed E-state index contributed by atoms with van der Waals surface area (Å²) in [5.41, 5.74) is 0. The zero-order valence-electron chi connectivity index (χ0n) is 7.13. The van der Waals surface area contributed by atoms with Crippen molar-refractivity contribution in [3.63, 3.8) is 0 Å². The highest BCUT2D eigenvalue weighted by molar-refractivity contribution is 6.16. The number of hydrogen-bond donors (Lipinski definition) is 0. The Hall–Kier alpha value is -0.570. The highest BCUT2D eigenvalue weighted by Crippen LogP contribution is 2.36. The molecule has 66 valence electrons. The summed E-state index contributed by atoms with van der Waals surface area (Å²) in [6.07, 6.45) is 3.46. The first-order valence-electron chi connectivity index (χ1n) is 4.35. The van der Waals surface area contributed by atoms with Crippen LogP contribution in [0.15, 0.2) is 0 Å². The first-order chi connectivity index (χ1) is 5.86. The summed E-state index contributed by atoms with van der Waals surface area (Å²) in [6.45, 7) is 2.10. The van der Waals surface area contributed by atoms with Crippen LogP contribution in [0.2, 0.25) is 0 Å². The van der Waals surface area contributed by atoms with E-state index in [0.717, 1.165) is 18.1 Å². The van der Waals surface area contributed by atoms with E-state index in [4.69, 9.17) is 11.6 Å². The molecule has 0 unspecified atom stereocenters. The minimum absolute atomic E-state index is 0.476. The lowest BCUT2D eigenvalue weighted by Gasteiger charge is -2.04. The molecule has 1 aromatic heterocycles. The molecule has 0 spiro atoms. The van der Waals surface area contributed by atoms with Gasteiger partial charge in [0, 0.05) is 12.5 Å². The molecule has 3 nitrogen and oxygen atoms in total. The van der Waals surface area contributed by atoms with Gasteiger partial charge in [-0.25, -0.2) is 0 Å². The van der Waals surface area contributed by atoms with Crippen molar-refractivity contribution in [1.29, 1.82) is 0 Å². The van der Waals surface area contributed by atoms with Crippen LogP contribution < -0.4 is 0 Å². The zero-order valence-corrected chi connectivity index (χ0v) is 7.88. The molecule has 1 saturated carbocycles. The minimum atomic E-state index is 0.476. The van der Waals surface area contributed by atoms with E-state index in [2.05, 4.69) is 21.7 Å². The Morgan fingerprint density at radius 2 is 2.08 bits per heavy atom. The molecule has 12 heavy (non-hydrogen) atoms. The molecular formula is C8H12ClN3. The van der Waals surface area contributed by atoms with Crippen LogP contribution in [0.4, 0.5) is 0 Å². The van der Waals surface area contributed by atoms with Gasteiger partial charge in [-0.3, -0.25) is 0 Å². The number of halogens is 1. The lowest BCUT2D eigenvalue weighted by atomic mass is 10.4. The lowest BCUT2D eigenvalue weighted by molar-refractivity contribution is 0.664. The molecular weight excluding hydrogens is 174 g/mol. The number of aromatic nitrogens is 3. The van der Waals surface area contributed by atoms with Crippen molar-refractivity contribution in [1.82, 2.24) is 14.8 Å². The van der Waals surface area contributed by atoms with Gasteiger partial charge in [0.05, 0.1) is 5.88 Å². The predicted octanol–water partition coefficient (Wildman–Crippen LogP) is 1.91. The van der Waals surface area contributed by atoms with Crippen LogP contribution in [0.1, 0.15) is 37.5 Å². The molecule has 0 aliphatic heterocycles. The summed E-state index contributed by atoms with van der Waals surface area (Å²) >= 11 is 5.75. The van der Waals surface area contributed by atoms with Gasteiger partial charge in [-0.1, -0.05) is 6.92 Å². The van der Waals surface area contributed by atoms with Crippen molar-refractivity contribution < 1.29 is 0 Å². The second kappa shape index (κ2) is 3.05. The van der Waals surface area contributed by atoms with Gasteiger partial charge in [-0.2, -0.15) is 0 Å². The van der Waals surface area contributed by atoms with Gasteiger partial charge in [0.15, 0.2) is 0 Å². The normalized spacial score (nSPS) is 16.8. The molecule has 2 rings (SSSR count). The SMILES string of the molecule is CCc1nnc(CCl)n1C1CC1. The van der Waals surface area contributed by atoms with Gasteiger partial charge in [-0.05, 0) is 12.8 Å². The Balaban J connectivity index is 2.36. The van der Waals surface area contributed by atoms with Gasteiger partial charge >= 0.3 is 0 Å². The first-order valence-corrected chi connectivity index (χ1v) is 4.89. The van der Waals surface area contributed by atoms with Crippen LogP contribution in [-0.2, 0) is 12.3 Å². The largest absolute Gasteiger partial charge is 0.311 e. The molecule has 0 bridgehead atoms. The van der Waals surface area contributed by atoms with Gasteiger partial charge in [-0.15, -0.1) is 21.8 Å². The summed E-state index contributed by atoms with van der Waals surface area (Å²) in [4.78, 5) is 0. The predicted molar refractivity (Wildman–Crippen MR) is 47.2 cm³/mol. The molecule has 0 radical (unpaired) electrons. The number of nitrogens with zero attached hydrogens (tertiary/aromatic N) is 3. The van der Waals surface area contributed by atoms with E-state index in [1.165, 1.54) is 12.8 Å². The fraction of sp³-hybridized carbons (Fsp3) is 0.750. The fourth-order valence-corrected chi connectivity index (χ4v) is 1.63. The molecule has 1 aliphatic carbocycles. The van der Waals surface area contributed by atoms with Gasteiger partial charge in [0.2, 0.25) is 0 Å². The van der Waals surface area contributed by atoms with Crippen molar-refractivity contribution in [2.75, 3.05) is 0 Å². The second-order valence-corrected chi connectivity index (χ2v) is 3.39. The molecule has 1 aromatic rings. The van der Waals surface area contributed by atoms with Crippen LogP contribution in [0.25, 0.3) is 0 Å². The topological polar surface area (TPSA) is 30.7 Å². The maximum Gasteiger partial charge on any atom is 0.148 e. The summed E-state index contributed by atoms with van der Waals surface area (Å²) in [5, 5.41) is 8.14. The van der Waals surface area contributed by atoms with E-state index in [0.29, 0.717) is 11.9 Å². The molecule has 1 fully saturated rings. The van der Waals surface area contributed by atoms with Crippen LogP contribution in [0, 0.1) is 0 Å². The third kappa shape index (κ3) is 1.22. The van der Waals surface area contributed by atoms with E-state index in [9.17, 15) is 0 Å². The maximum absolute atomic E-state index is 5.75. The monoisotopic (exact) mass is 185 g/mol. The van der Waals surface area contributed by atoms with Gasteiger partial charge in [0.25, 0.3) is 0 Å². The highest BCUT2D eigenvalue weighted by atomic mass is 35.5. The minimum Gasteiger partial charge on any atom is -0.311 e. The number of rotatable bonds is 3. The third-order valence-corrected chi connectivity index (χ3v) is 2.42. The van der Waals surface area contributed by atoms with Crippen LogP contribution in [0.5, 0.6) is 0 Å². The number of alkyl halides is 1. The average Bonchev–Trinajstić information content (AvgIpc) is 2.85. The Kier molecular flexibility index (Phi) is 2.05. The lowest BCUT2D eigenvalue weighted by Crippen LogP contribution is -2.03. The van der Waals surface area contributed by atoms with Crippen LogP contribution >= 0.6 is 11.6 Å². The van der Waals surface area contributed by atoms with E-state index in [1.54, 1.807) is 0 Å². The molecule has 0 atom stereocenters. The standard InChI is InChI=1S/C8H12ClN3/c1-2-7-10-11-8(5-9)12(7)6-3-4-6/h6H,2-5H2,1H3. The number of aryl methyl sites for hydroxylation is 1. The zero-order chi connectivity index (χ0) is 8.55. The first kappa shape index (κ1) is 8.05. The van der Waals surface area contributed by atoms with E-state index >= 15 is 0 Å². The van der Waals surface area contributed by atoms with Crippen molar-refractivity contribution >= 4 is 11.6 Å². The Labute approximate surface area is 76.7 Å². The number of hydrogen-bond acceptors (Lipinski definition) is 2. The van der Waals surface area contributed by atoms with Crippen LogP contribution in [-0.4, -0.2) is 14.8 Å². The molecule has 0 aromatic carbocycles. The third-order valence-electron chi connectivity index (χ3n) is 2.18. The Morgan fingerprint density at radius 3 is 2.58 bits per heavy atom. The van der Waals surface area contributed by atoms with Crippen molar-refractivity contribution in [3.8, 4) is 0 Å². The quantitative estimate of drug-likeness (QED) is 0.674. The van der Waals surface area contributed by atoms with Crippen molar-refractivity contribution in [2.45, 2.75) is 38.1 Å². The Bertz CT molecular complexity index is 256. The van der Waals surface area contributed by atoms with E-state index in [1.807, 2.05) is 0 Å². The van der Waals surface area contributed by atoms with Gasteiger partial charge < -0.3 is 4.57 Å². The Morgan fingerprint density at radius 1 is 1.42 bits per heavy atom. The van der Waals surface area contributed by atoms with Crippen LogP contribution in [0.3, 0.4) is 0 Å². The maximum atomic E-state index is 5.75.